The van der Waals surface area contributed by atoms with Gasteiger partial charge in [-0.05, 0) is 45.0 Å². The van der Waals surface area contributed by atoms with E-state index in [1.54, 1.807) is 31.3 Å². The van der Waals surface area contributed by atoms with Crippen LogP contribution in [-0.2, 0) is 11.8 Å². The van der Waals surface area contributed by atoms with Crippen molar-refractivity contribution in [3.63, 3.8) is 0 Å². The summed E-state index contributed by atoms with van der Waals surface area (Å²) in [4.78, 5) is 25.6. The molecule has 1 atom stereocenters. The minimum Gasteiger partial charge on any atom is -0.494 e. The number of hydrogen-bond donors (Lipinski definition) is 0. The Hall–Kier alpha value is -3.28. The Balaban J connectivity index is 1.74. The SMILES string of the molecule is CCOc1ccc2c(c1)[C@@H](OC(=O)c1cn(C)c(=O)c3ccccc13)CC(C)(C)O2. The molecule has 1 aromatic heterocycles. The molecule has 0 saturated carbocycles. The van der Waals surface area contributed by atoms with E-state index < -0.39 is 17.7 Å². The molecule has 0 aliphatic carbocycles. The minimum absolute atomic E-state index is 0.152. The topological polar surface area (TPSA) is 66.8 Å². The molecule has 2 heterocycles. The maximum Gasteiger partial charge on any atom is 0.340 e. The van der Waals surface area contributed by atoms with Gasteiger partial charge in [0.2, 0.25) is 0 Å². The molecule has 4 rings (SSSR count). The number of esters is 1. The molecule has 0 amide bonds. The van der Waals surface area contributed by atoms with Crippen LogP contribution in [-0.4, -0.2) is 22.7 Å². The normalized spacial score (nSPS) is 17.1. The lowest BCUT2D eigenvalue weighted by Gasteiger charge is -2.37. The highest BCUT2D eigenvalue weighted by atomic mass is 16.6. The van der Waals surface area contributed by atoms with E-state index in [-0.39, 0.29) is 5.56 Å². The summed E-state index contributed by atoms with van der Waals surface area (Å²) in [7, 11) is 1.63. The van der Waals surface area contributed by atoms with Gasteiger partial charge in [-0.3, -0.25) is 4.79 Å². The number of rotatable bonds is 4. The molecular weight excluding hydrogens is 382 g/mol. The van der Waals surface area contributed by atoms with Gasteiger partial charge in [-0.2, -0.15) is 0 Å². The molecule has 1 aliphatic heterocycles. The predicted molar refractivity (Wildman–Crippen MR) is 114 cm³/mol. The van der Waals surface area contributed by atoms with Crippen molar-refractivity contribution in [1.29, 1.82) is 0 Å². The Morgan fingerprint density at radius 1 is 1.20 bits per heavy atom. The first kappa shape index (κ1) is 20.0. The molecule has 0 saturated heterocycles. The van der Waals surface area contributed by atoms with Crippen LogP contribution in [0, 0.1) is 0 Å². The van der Waals surface area contributed by atoms with E-state index in [2.05, 4.69) is 0 Å². The van der Waals surface area contributed by atoms with Gasteiger partial charge in [0, 0.05) is 36.0 Å². The molecule has 1 aliphatic rings. The molecule has 0 unspecified atom stereocenters. The standard InChI is InChI=1S/C24H25NO5/c1-5-28-15-10-11-20-18(12-15)21(13-24(2,3)30-20)29-23(27)19-14-25(4)22(26)17-9-7-6-8-16(17)19/h6-12,14,21H,5,13H2,1-4H3/t21-/m0/s1. The van der Waals surface area contributed by atoms with E-state index in [0.717, 1.165) is 5.56 Å². The number of benzene rings is 2. The summed E-state index contributed by atoms with van der Waals surface area (Å²) < 4.78 is 19.1. The fraction of sp³-hybridized carbons (Fsp3) is 0.333. The first-order chi connectivity index (χ1) is 14.3. The third kappa shape index (κ3) is 3.65. The van der Waals surface area contributed by atoms with Crippen molar-refractivity contribution in [1.82, 2.24) is 4.57 Å². The molecule has 6 nitrogen and oxygen atoms in total. The molecule has 0 bridgehead atoms. The maximum absolute atomic E-state index is 13.2. The first-order valence-corrected chi connectivity index (χ1v) is 10.0. The molecule has 30 heavy (non-hydrogen) atoms. The first-order valence-electron chi connectivity index (χ1n) is 10.0. The van der Waals surface area contributed by atoms with Gasteiger partial charge in [0.25, 0.3) is 5.56 Å². The highest BCUT2D eigenvalue weighted by molar-refractivity contribution is 6.04. The fourth-order valence-corrected chi connectivity index (χ4v) is 3.90. The molecule has 3 aromatic rings. The molecule has 156 valence electrons. The van der Waals surface area contributed by atoms with Gasteiger partial charge in [-0.25, -0.2) is 4.79 Å². The lowest BCUT2D eigenvalue weighted by Crippen LogP contribution is -2.36. The maximum atomic E-state index is 13.2. The zero-order valence-corrected chi connectivity index (χ0v) is 17.6. The Morgan fingerprint density at radius 2 is 1.93 bits per heavy atom. The summed E-state index contributed by atoms with van der Waals surface area (Å²) in [6.07, 6.45) is 1.55. The van der Waals surface area contributed by atoms with Crippen LogP contribution >= 0.6 is 0 Å². The van der Waals surface area contributed by atoms with Crippen LogP contribution in [0.25, 0.3) is 10.8 Å². The van der Waals surface area contributed by atoms with Gasteiger partial charge in [0.1, 0.15) is 23.2 Å². The number of carbonyl (C=O) groups excluding carboxylic acids is 1. The lowest BCUT2D eigenvalue weighted by atomic mass is 9.91. The molecule has 0 radical (unpaired) electrons. The van der Waals surface area contributed by atoms with E-state index in [1.165, 1.54) is 10.8 Å². The monoisotopic (exact) mass is 407 g/mol. The average molecular weight is 407 g/mol. The number of fused-ring (bicyclic) bond motifs is 2. The highest BCUT2D eigenvalue weighted by Crippen LogP contribution is 2.43. The molecule has 0 N–H and O–H groups in total. The van der Waals surface area contributed by atoms with Crippen molar-refractivity contribution in [3.8, 4) is 11.5 Å². The molecule has 0 spiro atoms. The summed E-state index contributed by atoms with van der Waals surface area (Å²) in [6.45, 7) is 6.39. The van der Waals surface area contributed by atoms with Crippen LogP contribution in [0.4, 0.5) is 0 Å². The van der Waals surface area contributed by atoms with Gasteiger partial charge in [-0.1, -0.05) is 18.2 Å². The van der Waals surface area contributed by atoms with Crippen molar-refractivity contribution >= 4 is 16.7 Å². The molecule has 2 aromatic carbocycles. The van der Waals surface area contributed by atoms with Gasteiger partial charge in [0.05, 0.1) is 12.2 Å². The smallest absolute Gasteiger partial charge is 0.340 e. The molecule has 0 fully saturated rings. The molecular formula is C24H25NO5. The van der Waals surface area contributed by atoms with Crippen molar-refractivity contribution in [2.45, 2.75) is 38.9 Å². The number of hydrogen-bond acceptors (Lipinski definition) is 5. The van der Waals surface area contributed by atoms with Crippen LogP contribution in [0.15, 0.2) is 53.5 Å². The quantitative estimate of drug-likeness (QED) is 0.600. The number of pyridine rings is 1. The molecule has 6 heteroatoms. The number of ether oxygens (including phenoxy) is 3. The van der Waals surface area contributed by atoms with Crippen molar-refractivity contribution in [3.05, 3.63) is 70.1 Å². The average Bonchev–Trinajstić information content (AvgIpc) is 2.70. The zero-order valence-electron chi connectivity index (χ0n) is 17.6. The van der Waals surface area contributed by atoms with Crippen LogP contribution in [0.1, 0.15) is 49.2 Å². The van der Waals surface area contributed by atoms with Crippen LogP contribution in [0.5, 0.6) is 11.5 Å². The Bertz CT molecular complexity index is 1180. The van der Waals surface area contributed by atoms with Crippen LogP contribution < -0.4 is 15.0 Å². The van der Waals surface area contributed by atoms with Gasteiger partial charge in [-0.15, -0.1) is 0 Å². The predicted octanol–water partition coefficient (Wildman–Crippen LogP) is 4.40. The van der Waals surface area contributed by atoms with E-state index >= 15 is 0 Å². The number of carbonyl (C=O) groups is 1. The zero-order chi connectivity index (χ0) is 21.5. The Morgan fingerprint density at radius 3 is 2.67 bits per heavy atom. The second-order valence-electron chi connectivity index (χ2n) is 8.10. The Labute approximate surface area is 175 Å². The van der Waals surface area contributed by atoms with Crippen molar-refractivity contribution < 1.29 is 19.0 Å². The van der Waals surface area contributed by atoms with E-state index in [4.69, 9.17) is 14.2 Å². The minimum atomic E-state index is -0.493. The summed E-state index contributed by atoms with van der Waals surface area (Å²) >= 11 is 0. The summed E-state index contributed by atoms with van der Waals surface area (Å²) in [5.74, 6) is 0.906. The third-order valence-corrected chi connectivity index (χ3v) is 5.26. The van der Waals surface area contributed by atoms with Crippen molar-refractivity contribution in [2.24, 2.45) is 7.05 Å². The van der Waals surface area contributed by atoms with E-state index in [0.29, 0.717) is 40.9 Å². The van der Waals surface area contributed by atoms with Gasteiger partial charge in [0.15, 0.2) is 0 Å². The summed E-state index contributed by atoms with van der Waals surface area (Å²) in [5.41, 5.74) is 0.500. The van der Waals surface area contributed by atoms with Gasteiger partial charge < -0.3 is 18.8 Å². The number of aryl methyl sites for hydroxylation is 1. The largest absolute Gasteiger partial charge is 0.494 e. The number of nitrogens with zero attached hydrogens (tertiary/aromatic N) is 1. The fourth-order valence-electron chi connectivity index (χ4n) is 3.90. The highest BCUT2D eigenvalue weighted by Gasteiger charge is 2.36. The van der Waals surface area contributed by atoms with Crippen LogP contribution in [0.3, 0.4) is 0 Å². The van der Waals surface area contributed by atoms with E-state index in [1.807, 2.05) is 39.0 Å². The van der Waals surface area contributed by atoms with E-state index in [9.17, 15) is 9.59 Å². The summed E-state index contributed by atoms with van der Waals surface area (Å²) in [6, 6.07) is 12.6. The summed E-state index contributed by atoms with van der Waals surface area (Å²) in [5, 5.41) is 1.07. The Kier molecular flexibility index (Phi) is 5.02. The second-order valence-corrected chi connectivity index (χ2v) is 8.10. The second kappa shape index (κ2) is 7.52. The number of aromatic nitrogens is 1. The van der Waals surface area contributed by atoms with Gasteiger partial charge >= 0.3 is 5.97 Å². The van der Waals surface area contributed by atoms with Crippen LogP contribution in [0.2, 0.25) is 0 Å². The third-order valence-electron chi connectivity index (χ3n) is 5.26. The van der Waals surface area contributed by atoms with Crippen molar-refractivity contribution in [2.75, 3.05) is 6.61 Å². The lowest BCUT2D eigenvalue weighted by molar-refractivity contribution is -0.0162.